The van der Waals surface area contributed by atoms with Gasteiger partial charge in [0.25, 0.3) is 0 Å². The molecule has 1 heterocycles. The minimum absolute atomic E-state index is 0.554. The zero-order valence-electron chi connectivity index (χ0n) is 14.9. The molecule has 0 aromatic heterocycles. The molecule has 3 rings (SSSR count). The van der Waals surface area contributed by atoms with Gasteiger partial charge in [0.05, 0.1) is 11.3 Å². The quantitative estimate of drug-likeness (QED) is 0.754. The van der Waals surface area contributed by atoms with Crippen molar-refractivity contribution in [2.75, 3.05) is 32.2 Å². The maximum atomic E-state index is 9.84. The van der Waals surface area contributed by atoms with E-state index in [-0.39, 0.29) is 0 Å². The molecule has 1 aliphatic heterocycles. The molecule has 130 valence electrons. The summed E-state index contributed by atoms with van der Waals surface area (Å²) in [4.78, 5) is 2.32. The molecule has 0 amide bonds. The van der Waals surface area contributed by atoms with Crippen LogP contribution in [0.2, 0.25) is 0 Å². The Bertz CT molecular complexity index is 742. The van der Waals surface area contributed by atoms with E-state index < -0.39 is 6.29 Å². The topological polar surface area (TPSA) is 45.5 Å². The first-order valence-electron chi connectivity index (χ1n) is 8.72. The van der Waals surface area contributed by atoms with Crippen molar-refractivity contribution >= 4 is 5.69 Å². The lowest BCUT2D eigenvalue weighted by atomic mass is 9.95. The van der Waals surface area contributed by atoms with Gasteiger partial charge in [0.2, 0.25) is 0 Å². The van der Waals surface area contributed by atoms with Gasteiger partial charge in [-0.15, -0.1) is 0 Å². The summed E-state index contributed by atoms with van der Waals surface area (Å²) in [5, 5.41) is 9.84. The van der Waals surface area contributed by atoms with Crippen LogP contribution in [0.4, 0.5) is 5.69 Å². The average molecular weight is 336 g/mol. The molecule has 4 nitrogen and oxygen atoms in total. The molecule has 0 bridgehead atoms. The average Bonchev–Trinajstić information content (AvgIpc) is 2.69. The van der Waals surface area contributed by atoms with Crippen molar-refractivity contribution in [1.29, 1.82) is 5.26 Å². The van der Waals surface area contributed by atoms with E-state index >= 15 is 0 Å². The Kier molecular flexibility index (Phi) is 5.70. The Hall–Kier alpha value is -2.35. The summed E-state index contributed by atoms with van der Waals surface area (Å²) in [5.41, 5.74) is 4.62. The van der Waals surface area contributed by atoms with Crippen LogP contribution in [0.5, 0.6) is 0 Å². The predicted molar refractivity (Wildman–Crippen MR) is 99.4 cm³/mol. The number of rotatable bonds is 5. The first kappa shape index (κ1) is 17.5. The van der Waals surface area contributed by atoms with E-state index in [4.69, 9.17) is 9.47 Å². The Morgan fingerprint density at radius 1 is 0.960 bits per heavy atom. The van der Waals surface area contributed by atoms with Gasteiger partial charge in [0, 0.05) is 32.9 Å². The van der Waals surface area contributed by atoms with Gasteiger partial charge in [-0.25, -0.2) is 0 Å². The standard InChI is InChI=1S/C21H24N2O2/c1-24-21(25-2)18-13-17(16-9-5-3-6-10-16)14-20(19(18)15-22)23-11-7-4-8-12-23/h3,5-6,9-10,13-14,21H,4,7-8,11-12H2,1-2H3. The minimum atomic E-state index is -0.554. The maximum Gasteiger partial charge on any atom is 0.184 e. The molecular weight excluding hydrogens is 312 g/mol. The Labute approximate surface area is 149 Å². The van der Waals surface area contributed by atoms with Crippen LogP contribution >= 0.6 is 0 Å². The lowest BCUT2D eigenvalue weighted by molar-refractivity contribution is -0.106. The highest BCUT2D eigenvalue weighted by atomic mass is 16.7. The molecular formula is C21H24N2O2. The van der Waals surface area contributed by atoms with Crippen LogP contribution in [0.25, 0.3) is 11.1 Å². The van der Waals surface area contributed by atoms with Crippen LogP contribution in [0.1, 0.15) is 36.7 Å². The van der Waals surface area contributed by atoms with E-state index in [0.717, 1.165) is 48.3 Å². The van der Waals surface area contributed by atoms with Gasteiger partial charge in [-0.2, -0.15) is 5.26 Å². The molecule has 2 aromatic carbocycles. The number of benzene rings is 2. The first-order valence-corrected chi connectivity index (χ1v) is 8.72. The summed E-state index contributed by atoms with van der Waals surface area (Å²) in [5.74, 6) is 0. The van der Waals surface area contributed by atoms with Crippen molar-refractivity contribution in [3.63, 3.8) is 0 Å². The van der Waals surface area contributed by atoms with Crippen LogP contribution in [0.3, 0.4) is 0 Å². The Morgan fingerprint density at radius 2 is 1.64 bits per heavy atom. The number of hydrogen-bond donors (Lipinski definition) is 0. The van der Waals surface area contributed by atoms with E-state index in [1.807, 2.05) is 24.3 Å². The predicted octanol–water partition coefficient (Wildman–Crippen LogP) is 4.51. The van der Waals surface area contributed by atoms with Crippen molar-refractivity contribution in [3.8, 4) is 17.2 Å². The van der Waals surface area contributed by atoms with Crippen molar-refractivity contribution in [2.24, 2.45) is 0 Å². The third-order valence-corrected chi connectivity index (χ3v) is 4.75. The number of nitrogens with zero attached hydrogens (tertiary/aromatic N) is 2. The number of hydrogen-bond acceptors (Lipinski definition) is 4. The third kappa shape index (κ3) is 3.68. The molecule has 0 N–H and O–H groups in total. The number of ether oxygens (including phenoxy) is 2. The van der Waals surface area contributed by atoms with Crippen LogP contribution in [-0.4, -0.2) is 27.3 Å². The van der Waals surface area contributed by atoms with Crippen molar-refractivity contribution in [2.45, 2.75) is 25.6 Å². The van der Waals surface area contributed by atoms with Gasteiger partial charge >= 0.3 is 0 Å². The molecule has 25 heavy (non-hydrogen) atoms. The van der Waals surface area contributed by atoms with Crippen LogP contribution in [0.15, 0.2) is 42.5 Å². The van der Waals surface area contributed by atoms with E-state index in [1.54, 1.807) is 14.2 Å². The number of nitriles is 1. The Morgan fingerprint density at radius 3 is 2.24 bits per heavy atom. The van der Waals surface area contributed by atoms with Crippen molar-refractivity contribution in [1.82, 2.24) is 0 Å². The molecule has 0 radical (unpaired) electrons. The molecule has 2 aromatic rings. The first-order chi connectivity index (χ1) is 12.3. The minimum Gasteiger partial charge on any atom is -0.370 e. The maximum absolute atomic E-state index is 9.84. The molecule has 4 heteroatoms. The number of piperidine rings is 1. The van der Waals surface area contributed by atoms with Gasteiger partial charge < -0.3 is 14.4 Å². The summed E-state index contributed by atoms with van der Waals surface area (Å²) in [6.45, 7) is 1.97. The molecule has 1 saturated heterocycles. The zero-order valence-corrected chi connectivity index (χ0v) is 14.9. The Balaban J connectivity index is 2.17. The number of methoxy groups -OCH3 is 2. The smallest absolute Gasteiger partial charge is 0.184 e. The summed E-state index contributed by atoms with van der Waals surface area (Å²) >= 11 is 0. The molecule has 0 spiro atoms. The van der Waals surface area contributed by atoms with Gasteiger partial charge in [0.15, 0.2) is 6.29 Å². The fraction of sp³-hybridized carbons (Fsp3) is 0.381. The second-order valence-corrected chi connectivity index (χ2v) is 6.29. The lowest BCUT2D eigenvalue weighted by Crippen LogP contribution is -2.30. The highest BCUT2D eigenvalue weighted by Crippen LogP contribution is 2.36. The number of anilines is 1. The van der Waals surface area contributed by atoms with Gasteiger partial charge in [-0.1, -0.05) is 30.3 Å². The highest BCUT2D eigenvalue weighted by molar-refractivity contribution is 5.75. The van der Waals surface area contributed by atoms with Gasteiger partial charge in [-0.05, 0) is 42.5 Å². The van der Waals surface area contributed by atoms with Crippen LogP contribution in [0, 0.1) is 11.3 Å². The van der Waals surface area contributed by atoms with E-state index in [9.17, 15) is 5.26 Å². The normalized spacial score (nSPS) is 14.6. The van der Waals surface area contributed by atoms with Crippen LogP contribution in [-0.2, 0) is 9.47 Å². The van der Waals surface area contributed by atoms with E-state index in [1.165, 1.54) is 6.42 Å². The van der Waals surface area contributed by atoms with E-state index in [0.29, 0.717) is 5.56 Å². The molecule has 0 atom stereocenters. The fourth-order valence-electron chi connectivity index (χ4n) is 3.49. The van der Waals surface area contributed by atoms with Crippen molar-refractivity contribution < 1.29 is 9.47 Å². The molecule has 1 fully saturated rings. The summed E-state index contributed by atoms with van der Waals surface area (Å²) in [7, 11) is 3.20. The lowest BCUT2D eigenvalue weighted by Gasteiger charge is -2.31. The molecule has 0 aliphatic carbocycles. The van der Waals surface area contributed by atoms with E-state index in [2.05, 4.69) is 29.2 Å². The second kappa shape index (κ2) is 8.15. The monoisotopic (exact) mass is 336 g/mol. The SMILES string of the molecule is COC(OC)c1cc(-c2ccccc2)cc(N2CCCCC2)c1C#N. The summed E-state index contributed by atoms with van der Waals surface area (Å²) in [6.07, 6.45) is 3.02. The largest absolute Gasteiger partial charge is 0.370 e. The second-order valence-electron chi connectivity index (χ2n) is 6.29. The van der Waals surface area contributed by atoms with Gasteiger partial charge in [0.1, 0.15) is 6.07 Å². The van der Waals surface area contributed by atoms with Crippen molar-refractivity contribution in [3.05, 3.63) is 53.6 Å². The summed E-state index contributed by atoms with van der Waals surface area (Å²) < 4.78 is 10.9. The molecule has 0 saturated carbocycles. The summed E-state index contributed by atoms with van der Waals surface area (Å²) in [6, 6.07) is 16.8. The van der Waals surface area contributed by atoms with Crippen LogP contribution < -0.4 is 4.90 Å². The third-order valence-electron chi connectivity index (χ3n) is 4.75. The zero-order chi connectivity index (χ0) is 17.6. The molecule has 1 aliphatic rings. The molecule has 0 unspecified atom stereocenters. The highest BCUT2D eigenvalue weighted by Gasteiger charge is 2.23. The fourth-order valence-corrected chi connectivity index (χ4v) is 3.49. The van der Waals surface area contributed by atoms with Gasteiger partial charge in [-0.3, -0.25) is 0 Å².